The van der Waals surface area contributed by atoms with Gasteiger partial charge in [-0.25, -0.2) is 8.42 Å². The molecular formula is C7H17NO3S. The van der Waals surface area contributed by atoms with Crippen LogP contribution >= 0.6 is 0 Å². The molecule has 0 heterocycles. The molecule has 0 bridgehead atoms. The zero-order valence-electron chi connectivity index (χ0n) is 7.62. The molecule has 0 aliphatic heterocycles. The largest absolute Gasteiger partial charge is 0.384 e. The first-order chi connectivity index (χ1) is 5.58. The molecule has 0 aromatic heterocycles. The fraction of sp³-hybridized carbons (Fsp3) is 1.00. The highest BCUT2D eigenvalue weighted by Gasteiger charge is 2.21. The van der Waals surface area contributed by atoms with E-state index in [0.29, 0.717) is 6.42 Å². The van der Waals surface area contributed by atoms with Crippen LogP contribution in [0, 0.1) is 0 Å². The van der Waals surface area contributed by atoms with Gasteiger partial charge in [-0.2, -0.15) is 0 Å². The quantitative estimate of drug-likeness (QED) is 0.636. The Morgan fingerprint density at radius 3 is 2.42 bits per heavy atom. The van der Waals surface area contributed by atoms with E-state index in [1.165, 1.54) is 7.11 Å². The molecule has 0 spiro atoms. The second-order valence-corrected chi connectivity index (χ2v) is 5.03. The highest BCUT2D eigenvalue weighted by Crippen LogP contribution is 2.05. The molecule has 1 unspecified atom stereocenters. The number of hydrogen-bond acceptors (Lipinski definition) is 4. The predicted molar refractivity (Wildman–Crippen MR) is 48.8 cm³/mol. The van der Waals surface area contributed by atoms with Crippen LogP contribution in [0.5, 0.6) is 0 Å². The van der Waals surface area contributed by atoms with Gasteiger partial charge in [-0.3, -0.25) is 0 Å². The number of methoxy groups -OCH3 is 1. The van der Waals surface area contributed by atoms with Gasteiger partial charge in [0.1, 0.15) is 0 Å². The molecule has 2 N–H and O–H groups in total. The summed E-state index contributed by atoms with van der Waals surface area (Å²) in [5.41, 5.74) is 5.32. The van der Waals surface area contributed by atoms with E-state index in [1.807, 2.05) is 6.92 Å². The SMILES string of the molecule is CCC(CN)S(=O)(=O)CCOC. The van der Waals surface area contributed by atoms with Crippen molar-refractivity contribution in [3.05, 3.63) is 0 Å². The number of nitrogens with two attached hydrogens (primary N) is 1. The van der Waals surface area contributed by atoms with Crippen LogP contribution in [0.1, 0.15) is 13.3 Å². The van der Waals surface area contributed by atoms with Crippen molar-refractivity contribution in [3.8, 4) is 0 Å². The van der Waals surface area contributed by atoms with E-state index in [9.17, 15) is 8.42 Å². The van der Waals surface area contributed by atoms with E-state index in [1.54, 1.807) is 0 Å². The van der Waals surface area contributed by atoms with Crippen molar-refractivity contribution in [2.45, 2.75) is 18.6 Å². The molecule has 1 atom stereocenters. The van der Waals surface area contributed by atoms with E-state index in [2.05, 4.69) is 0 Å². The zero-order valence-corrected chi connectivity index (χ0v) is 8.43. The van der Waals surface area contributed by atoms with Crippen LogP contribution in [0.25, 0.3) is 0 Å². The van der Waals surface area contributed by atoms with Crippen molar-refractivity contribution in [1.29, 1.82) is 0 Å². The lowest BCUT2D eigenvalue weighted by molar-refractivity contribution is 0.217. The normalized spacial score (nSPS) is 14.6. The van der Waals surface area contributed by atoms with Crippen LogP contribution in [-0.4, -0.2) is 39.7 Å². The highest BCUT2D eigenvalue weighted by atomic mass is 32.2. The fourth-order valence-electron chi connectivity index (χ4n) is 0.933. The Balaban J connectivity index is 4.17. The van der Waals surface area contributed by atoms with Gasteiger partial charge in [-0.05, 0) is 6.42 Å². The number of rotatable bonds is 6. The fourth-order valence-corrected chi connectivity index (χ4v) is 2.47. The minimum Gasteiger partial charge on any atom is -0.384 e. The van der Waals surface area contributed by atoms with Crippen molar-refractivity contribution in [2.75, 3.05) is 26.0 Å². The second-order valence-electron chi connectivity index (χ2n) is 2.63. The Bertz CT molecular complexity index is 197. The zero-order chi connectivity index (χ0) is 9.61. The first-order valence-corrected chi connectivity index (χ1v) is 5.70. The Morgan fingerprint density at radius 2 is 2.08 bits per heavy atom. The molecule has 12 heavy (non-hydrogen) atoms. The third-order valence-corrected chi connectivity index (χ3v) is 4.08. The third kappa shape index (κ3) is 3.51. The van der Waals surface area contributed by atoms with Crippen molar-refractivity contribution in [1.82, 2.24) is 0 Å². The van der Waals surface area contributed by atoms with Gasteiger partial charge in [0.05, 0.1) is 17.6 Å². The van der Waals surface area contributed by atoms with Crippen LogP contribution in [0.2, 0.25) is 0 Å². The average Bonchev–Trinajstić information content (AvgIpc) is 2.03. The Hall–Kier alpha value is -0.130. The third-order valence-electron chi connectivity index (χ3n) is 1.80. The van der Waals surface area contributed by atoms with E-state index < -0.39 is 15.1 Å². The maximum Gasteiger partial charge on any atom is 0.156 e. The van der Waals surface area contributed by atoms with Gasteiger partial charge in [-0.1, -0.05) is 6.92 Å². The second kappa shape index (κ2) is 5.50. The molecule has 74 valence electrons. The van der Waals surface area contributed by atoms with E-state index in [-0.39, 0.29) is 18.9 Å². The lowest BCUT2D eigenvalue weighted by Crippen LogP contribution is -2.32. The summed E-state index contributed by atoms with van der Waals surface area (Å²) in [6, 6.07) is 0. The minimum absolute atomic E-state index is 0.0687. The van der Waals surface area contributed by atoms with Crippen LogP contribution in [0.4, 0.5) is 0 Å². The summed E-state index contributed by atoms with van der Waals surface area (Å²) in [5.74, 6) is 0.0687. The highest BCUT2D eigenvalue weighted by molar-refractivity contribution is 7.92. The molecule has 0 radical (unpaired) electrons. The molecule has 0 saturated carbocycles. The maximum atomic E-state index is 11.4. The van der Waals surface area contributed by atoms with E-state index >= 15 is 0 Å². The molecule has 0 aliphatic rings. The van der Waals surface area contributed by atoms with Gasteiger partial charge < -0.3 is 10.5 Å². The van der Waals surface area contributed by atoms with Crippen LogP contribution in [0.3, 0.4) is 0 Å². The summed E-state index contributed by atoms with van der Waals surface area (Å²) < 4.78 is 27.5. The maximum absolute atomic E-state index is 11.4. The molecule has 0 amide bonds. The van der Waals surface area contributed by atoms with Gasteiger partial charge in [0, 0.05) is 13.7 Å². The molecule has 0 aromatic carbocycles. The molecule has 0 rings (SSSR count). The van der Waals surface area contributed by atoms with Gasteiger partial charge >= 0.3 is 0 Å². The van der Waals surface area contributed by atoms with Crippen LogP contribution in [0.15, 0.2) is 0 Å². The lowest BCUT2D eigenvalue weighted by Gasteiger charge is -2.12. The summed E-state index contributed by atoms with van der Waals surface area (Å²) in [4.78, 5) is 0. The smallest absolute Gasteiger partial charge is 0.156 e. The van der Waals surface area contributed by atoms with Gasteiger partial charge in [0.15, 0.2) is 9.84 Å². The lowest BCUT2D eigenvalue weighted by atomic mass is 10.3. The Labute approximate surface area is 74.0 Å². The molecule has 0 aromatic rings. The van der Waals surface area contributed by atoms with Gasteiger partial charge in [0.2, 0.25) is 0 Å². The van der Waals surface area contributed by atoms with Crippen molar-refractivity contribution < 1.29 is 13.2 Å². The summed E-state index contributed by atoms with van der Waals surface area (Å²) in [7, 11) is -1.55. The first kappa shape index (κ1) is 11.9. The predicted octanol–water partition coefficient (Wildman–Crippen LogP) is -0.215. The topological polar surface area (TPSA) is 69.4 Å². The number of ether oxygens (including phenoxy) is 1. The van der Waals surface area contributed by atoms with Crippen LogP contribution < -0.4 is 5.73 Å². The van der Waals surface area contributed by atoms with Crippen molar-refractivity contribution in [2.24, 2.45) is 5.73 Å². The summed E-state index contributed by atoms with van der Waals surface area (Å²) in [6.45, 7) is 2.27. The molecule has 0 fully saturated rings. The number of sulfone groups is 1. The average molecular weight is 195 g/mol. The summed E-state index contributed by atoms with van der Waals surface area (Å²) in [5, 5.41) is -0.410. The van der Waals surface area contributed by atoms with Gasteiger partial charge in [0.25, 0.3) is 0 Å². The Morgan fingerprint density at radius 1 is 1.50 bits per heavy atom. The van der Waals surface area contributed by atoms with Gasteiger partial charge in [-0.15, -0.1) is 0 Å². The molecule has 4 nitrogen and oxygen atoms in total. The summed E-state index contributed by atoms with van der Waals surface area (Å²) >= 11 is 0. The van der Waals surface area contributed by atoms with Crippen molar-refractivity contribution in [3.63, 3.8) is 0 Å². The molecule has 5 heteroatoms. The molecule has 0 aliphatic carbocycles. The Kier molecular flexibility index (Phi) is 5.44. The monoisotopic (exact) mass is 195 g/mol. The standard InChI is InChI=1S/C7H17NO3S/c1-3-7(6-8)12(9,10)5-4-11-2/h7H,3-6,8H2,1-2H3. The molecular weight excluding hydrogens is 178 g/mol. The number of hydrogen-bond donors (Lipinski definition) is 1. The van der Waals surface area contributed by atoms with E-state index in [4.69, 9.17) is 10.5 Å². The van der Waals surface area contributed by atoms with Crippen LogP contribution in [-0.2, 0) is 14.6 Å². The van der Waals surface area contributed by atoms with Crippen molar-refractivity contribution >= 4 is 9.84 Å². The molecule has 0 saturated heterocycles. The van der Waals surface area contributed by atoms with E-state index in [0.717, 1.165) is 0 Å². The first-order valence-electron chi connectivity index (χ1n) is 3.99. The summed E-state index contributed by atoms with van der Waals surface area (Å²) in [6.07, 6.45) is 0.572. The minimum atomic E-state index is -3.03.